The summed E-state index contributed by atoms with van der Waals surface area (Å²) in [4.78, 5) is 12.0. The number of carbonyl (C=O) groups is 1. The highest BCUT2D eigenvalue weighted by Gasteiger charge is 2.21. The minimum atomic E-state index is 0.0602. The number of hydrogen-bond donors (Lipinski definition) is 3. The Bertz CT molecular complexity index is 303. The summed E-state index contributed by atoms with van der Waals surface area (Å²) < 4.78 is 0. The highest BCUT2D eigenvalue weighted by atomic mass is 32.2. The van der Waals surface area contributed by atoms with Crippen molar-refractivity contribution in [2.75, 3.05) is 13.3 Å². The molecule has 0 aromatic rings. The number of hydrogen-bond acceptors (Lipinski definition) is 4. The quantitative estimate of drug-likeness (QED) is 0.659. The smallest absolute Gasteiger partial charge is 0.227 e. The molecule has 0 radical (unpaired) electrons. The van der Waals surface area contributed by atoms with Gasteiger partial charge in [0.05, 0.1) is 10.7 Å². The van der Waals surface area contributed by atoms with Crippen LogP contribution < -0.4 is 10.6 Å². The lowest BCUT2D eigenvalue weighted by atomic mass is 9.88. The number of thioether (sulfide) groups is 1. The second kappa shape index (κ2) is 7.37. The third-order valence-corrected chi connectivity index (χ3v) is 3.89. The van der Waals surface area contributed by atoms with E-state index < -0.39 is 0 Å². The predicted octanol–water partition coefficient (Wildman–Crippen LogP) is 2.08. The van der Waals surface area contributed by atoms with Gasteiger partial charge < -0.3 is 16.0 Å². The molecule has 1 aliphatic rings. The van der Waals surface area contributed by atoms with Crippen LogP contribution in [0.5, 0.6) is 0 Å². The molecule has 0 atom stereocenters. The van der Waals surface area contributed by atoms with E-state index in [1.54, 1.807) is 7.05 Å². The summed E-state index contributed by atoms with van der Waals surface area (Å²) in [6.07, 6.45) is 8.59. The first-order chi connectivity index (χ1) is 8.22. The van der Waals surface area contributed by atoms with Crippen molar-refractivity contribution in [1.82, 2.24) is 10.6 Å². The standard InChI is InChI=1S/C12H21N3OS/c1-14-12(17-2)10(8-13)15-11(16)9-6-4-3-5-7-9/h8-9,13-14H,3-7H2,1-2H3,(H,15,16)/b12-10-,13-8?. The zero-order valence-corrected chi connectivity index (χ0v) is 11.3. The van der Waals surface area contributed by atoms with Crippen molar-refractivity contribution in [2.45, 2.75) is 32.1 Å². The summed E-state index contributed by atoms with van der Waals surface area (Å²) in [7, 11) is 1.79. The van der Waals surface area contributed by atoms with Crippen molar-refractivity contribution in [1.29, 1.82) is 5.41 Å². The Morgan fingerprint density at radius 1 is 1.35 bits per heavy atom. The van der Waals surface area contributed by atoms with E-state index in [4.69, 9.17) is 5.41 Å². The first kappa shape index (κ1) is 14.1. The normalized spacial score (nSPS) is 18.2. The highest BCUT2D eigenvalue weighted by molar-refractivity contribution is 8.02. The van der Waals surface area contributed by atoms with Gasteiger partial charge >= 0.3 is 0 Å². The number of allylic oxidation sites excluding steroid dienone is 1. The summed E-state index contributed by atoms with van der Waals surface area (Å²) >= 11 is 1.49. The SMILES string of the molecule is CN/C(SC)=C(\C=N)NC(=O)C1CCCCC1. The van der Waals surface area contributed by atoms with Crippen LogP contribution in [0.4, 0.5) is 0 Å². The zero-order valence-electron chi connectivity index (χ0n) is 10.5. The van der Waals surface area contributed by atoms with Crippen molar-refractivity contribution in [3.63, 3.8) is 0 Å². The molecule has 1 rings (SSSR count). The van der Waals surface area contributed by atoms with Crippen molar-refractivity contribution in [2.24, 2.45) is 5.92 Å². The Balaban J connectivity index is 2.64. The van der Waals surface area contributed by atoms with Gasteiger partial charge in [0.1, 0.15) is 0 Å². The Morgan fingerprint density at radius 2 is 2.00 bits per heavy atom. The molecule has 96 valence electrons. The highest BCUT2D eigenvalue weighted by Crippen LogP contribution is 2.24. The molecule has 0 unspecified atom stereocenters. The van der Waals surface area contributed by atoms with Crippen LogP contribution in [0.2, 0.25) is 0 Å². The maximum Gasteiger partial charge on any atom is 0.227 e. The van der Waals surface area contributed by atoms with Crippen LogP contribution in [0, 0.1) is 11.3 Å². The predicted molar refractivity (Wildman–Crippen MR) is 73.1 cm³/mol. The molecule has 5 heteroatoms. The summed E-state index contributed by atoms with van der Waals surface area (Å²) in [5, 5.41) is 14.0. The van der Waals surface area contributed by atoms with Crippen LogP contribution in [0.25, 0.3) is 0 Å². The fourth-order valence-corrected chi connectivity index (χ4v) is 2.64. The summed E-state index contributed by atoms with van der Waals surface area (Å²) in [5.41, 5.74) is 0.565. The van der Waals surface area contributed by atoms with E-state index in [-0.39, 0.29) is 11.8 Å². The molecule has 0 aliphatic heterocycles. The molecule has 0 heterocycles. The molecular weight excluding hydrogens is 234 g/mol. The fourth-order valence-electron chi connectivity index (χ4n) is 2.10. The number of nitrogens with one attached hydrogen (secondary N) is 3. The topological polar surface area (TPSA) is 65.0 Å². The molecule has 0 aromatic carbocycles. The van der Waals surface area contributed by atoms with Gasteiger partial charge in [-0.2, -0.15) is 0 Å². The lowest BCUT2D eigenvalue weighted by Gasteiger charge is -2.21. The minimum absolute atomic E-state index is 0.0602. The van der Waals surface area contributed by atoms with Crippen molar-refractivity contribution in [3.05, 3.63) is 10.7 Å². The van der Waals surface area contributed by atoms with Crippen LogP contribution in [-0.4, -0.2) is 25.4 Å². The summed E-state index contributed by atoms with van der Waals surface area (Å²) in [6.45, 7) is 0. The average Bonchev–Trinajstić information content (AvgIpc) is 2.39. The monoisotopic (exact) mass is 255 g/mol. The summed E-state index contributed by atoms with van der Waals surface area (Å²) in [5.74, 6) is 0.184. The van der Waals surface area contributed by atoms with Crippen LogP contribution in [-0.2, 0) is 4.79 Å². The van der Waals surface area contributed by atoms with Crippen LogP contribution in [0.1, 0.15) is 32.1 Å². The van der Waals surface area contributed by atoms with Crippen LogP contribution >= 0.6 is 11.8 Å². The van der Waals surface area contributed by atoms with E-state index in [9.17, 15) is 4.79 Å². The molecule has 1 saturated carbocycles. The Labute approximate surface area is 107 Å². The van der Waals surface area contributed by atoms with E-state index in [0.717, 1.165) is 30.7 Å². The van der Waals surface area contributed by atoms with E-state index in [2.05, 4.69) is 10.6 Å². The molecular formula is C12H21N3OS. The Hall–Kier alpha value is -0.970. The maximum absolute atomic E-state index is 12.0. The molecule has 17 heavy (non-hydrogen) atoms. The number of rotatable bonds is 5. The lowest BCUT2D eigenvalue weighted by Crippen LogP contribution is -2.33. The van der Waals surface area contributed by atoms with Gasteiger partial charge in [0.15, 0.2) is 0 Å². The van der Waals surface area contributed by atoms with Gasteiger partial charge in [-0.1, -0.05) is 19.3 Å². The number of amides is 1. The van der Waals surface area contributed by atoms with Gasteiger partial charge in [-0.15, -0.1) is 11.8 Å². The van der Waals surface area contributed by atoms with Gasteiger partial charge in [0.2, 0.25) is 5.91 Å². The molecule has 0 aromatic heterocycles. The van der Waals surface area contributed by atoms with E-state index >= 15 is 0 Å². The largest absolute Gasteiger partial charge is 0.381 e. The van der Waals surface area contributed by atoms with Gasteiger partial charge in [0, 0.05) is 19.2 Å². The molecule has 0 spiro atoms. The van der Waals surface area contributed by atoms with E-state index in [0.29, 0.717) is 5.70 Å². The average molecular weight is 255 g/mol. The third-order valence-electron chi connectivity index (χ3n) is 3.05. The zero-order chi connectivity index (χ0) is 12.7. The number of carbonyl (C=O) groups excluding carboxylic acids is 1. The molecule has 4 nitrogen and oxygen atoms in total. The van der Waals surface area contributed by atoms with Crippen molar-refractivity contribution >= 4 is 23.9 Å². The second-order valence-electron chi connectivity index (χ2n) is 4.17. The molecule has 0 saturated heterocycles. The van der Waals surface area contributed by atoms with Gasteiger partial charge in [0.25, 0.3) is 0 Å². The fraction of sp³-hybridized carbons (Fsp3) is 0.667. The molecule has 0 bridgehead atoms. The van der Waals surface area contributed by atoms with Crippen molar-refractivity contribution < 1.29 is 4.79 Å². The molecule has 1 aliphatic carbocycles. The maximum atomic E-state index is 12.0. The first-order valence-electron chi connectivity index (χ1n) is 6.00. The van der Waals surface area contributed by atoms with Crippen molar-refractivity contribution in [3.8, 4) is 0 Å². The molecule has 1 fully saturated rings. The third kappa shape index (κ3) is 4.07. The van der Waals surface area contributed by atoms with Crippen LogP contribution in [0.3, 0.4) is 0 Å². The Kier molecular flexibility index (Phi) is 6.11. The lowest BCUT2D eigenvalue weighted by molar-refractivity contribution is -0.125. The molecule has 3 N–H and O–H groups in total. The summed E-state index contributed by atoms with van der Waals surface area (Å²) in [6, 6.07) is 0. The van der Waals surface area contributed by atoms with E-state index in [1.165, 1.54) is 24.4 Å². The minimum Gasteiger partial charge on any atom is -0.381 e. The van der Waals surface area contributed by atoms with Gasteiger partial charge in [-0.05, 0) is 19.1 Å². The van der Waals surface area contributed by atoms with Gasteiger partial charge in [-0.25, -0.2) is 0 Å². The van der Waals surface area contributed by atoms with Gasteiger partial charge in [-0.3, -0.25) is 4.79 Å². The second-order valence-corrected chi connectivity index (χ2v) is 4.98. The molecule has 1 amide bonds. The van der Waals surface area contributed by atoms with Crippen LogP contribution in [0.15, 0.2) is 10.7 Å². The first-order valence-corrected chi connectivity index (χ1v) is 7.22. The van der Waals surface area contributed by atoms with E-state index in [1.807, 2.05) is 6.26 Å². The Morgan fingerprint density at radius 3 is 2.47 bits per heavy atom.